The van der Waals surface area contributed by atoms with E-state index >= 15 is 0 Å². The van der Waals surface area contributed by atoms with Crippen LogP contribution in [0.3, 0.4) is 0 Å². The minimum Gasteiger partial charge on any atom is -0.748 e. The van der Waals surface area contributed by atoms with Crippen molar-refractivity contribution in [2.75, 3.05) is 5.75 Å². The summed E-state index contributed by atoms with van der Waals surface area (Å²) in [7, 11) is -4.11. The summed E-state index contributed by atoms with van der Waals surface area (Å²) in [5, 5.41) is 0. The normalized spacial score (nSPS) is 11.2. The van der Waals surface area contributed by atoms with Crippen molar-refractivity contribution >= 4 is 10.1 Å². The Morgan fingerprint density at radius 3 is 2.44 bits per heavy atom. The average molecular weight is 250 g/mol. The number of aryl methyl sites for hydroxylation is 1. The van der Waals surface area contributed by atoms with E-state index in [4.69, 9.17) is 0 Å². The minimum absolute atomic E-state index is 0. The molecule has 0 radical (unpaired) electrons. The topological polar surface area (TPSA) is 57.2 Å². The second-order valence-electron chi connectivity index (χ2n) is 3.91. The van der Waals surface area contributed by atoms with Gasteiger partial charge in [0.15, 0.2) is 0 Å². The van der Waals surface area contributed by atoms with E-state index < -0.39 is 10.1 Å². The Hall–Kier alpha value is 0.130. The molecule has 0 spiro atoms. The van der Waals surface area contributed by atoms with E-state index in [9.17, 15) is 13.0 Å². The molecule has 0 aliphatic carbocycles. The third kappa shape index (κ3) is 6.01. The number of benzene rings is 1. The molecule has 0 amide bonds. The van der Waals surface area contributed by atoms with Crippen LogP contribution in [0.2, 0.25) is 0 Å². The number of hydrogen-bond acceptors (Lipinski definition) is 3. The van der Waals surface area contributed by atoms with E-state index in [1.54, 1.807) is 0 Å². The van der Waals surface area contributed by atoms with Gasteiger partial charge >= 0.3 is 29.6 Å². The van der Waals surface area contributed by atoms with Gasteiger partial charge in [-0.2, -0.15) is 0 Å². The molecule has 3 nitrogen and oxygen atoms in total. The van der Waals surface area contributed by atoms with Crippen molar-refractivity contribution in [3.63, 3.8) is 0 Å². The molecule has 1 aromatic carbocycles. The predicted octanol–water partition coefficient (Wildman–Crippen LogP) is -1.10. The quantitative estimate of drug-likeness (QED) is 0.503. The molecule has 0 fully saturated rings. The molecule has 0 heterocycles. The Balaban J connectivity index is 0.00000225. The molecular formula is C11H15NaO3S. The fraction of sp³-hybridized carbons (Fsp3) is 0.455. The first kappa shape index (κ1) is 16.1. The van der Waals surface area contributed by atoms with Crippen LogP contribution in [0.4, 0.5) is 0 Å². The van der Waals surface area contributed by atoms with Gasteiger partial charge in [0.05, 0.1) is 10.1 Å². The zero-order valence-electron chi connectivity index (χ0n) is 9.93. The Labute approximate surface area is 119 Å². The van der Waals surface area contributed by atoms with Gasteiger partial charge in [0, 0.05) is 5.75 Å². The summed E-state index contributed by atoms with van der Waals surface area (Å²) < 4.78 is 31.4. The van der Waals surface area contributed by atoms with Crippen molar-refractivity contribution in [2.24, 2.45) is 0 Å². The Kier molecular flexibility index (Phi) is 6.82. The number of rotatable bonds is 4. The van der Waals surface area contributed by atoms with Crippen LogP contribution in [0, 0.1) is 0 Å². The van der Waals surface area contributed by atoms with Crippen LogP contribution in [0.1, 0.15) is 30.9 Å². The summed E-state index contributed by atoms with van der Waals surface area (Å²) in [4.78, 5) is 0. The van der Waals surface area contributed by atoms with Crippen molar-refractivity contribution in [1.82, 2.24) is 0 Å². The summed E-state index contributed by atoms with van der Waals surface area (Å²) in [5.74, 6) is 0.0861. The van der Waals surface area contributed by atoms with Gasteiger partial charge in [-0.3, -0.25) is 0 Å². The van der Waals surface area contributed by atoms with Crippen LogP contribution < -0.4 is 29.6 Å². The van der Waals surface area contributed by atoms with E-state index in [1.807, 2.05) is 24.3 Å². The summed E-state index contributed by atoms with van der Waals surface area (Å²) >= 11 is 0. The molecule has 0 aromatic heterocycles. The van der Waals surface area contributed by atoms with Crippen LogP contribution in [0.5, 0.6) is 0 Å². The number of hydrogen-bond donors (Lipinski definition) is 0. The van der Waals surface area contributed by atoms with Crippen molar-refractivity contribution in [3.8, 4) is 0 Å². The molecule has 0 N–H and O–H groups in total. The average Bonchev–Trinajstić information content (AvgIpc) is 2.14. The molecule has 0 saturated heterocycles. The molecular weight excluding hydrogens is 235 g/mol. The SMILES string of the molecule is CC(C)c1cccc(CCS(=O)(=O)[O-])c1.[Na+]. The summed E-state index contributed by atoms with van der Waals surface area (Å²) in [6.07, 6.45) is 0.298. The molecule has 0 unspecified atom stereocenters. The van der Waals surface area contributed by atoms with Crippen LogP contribution in [0.15, 0.2) is 24.3 Å². The Morgan fingerprint density at radius 2 is 1.94 bits per heavy atom. The second kappa shape index (κ2) is 6.77. The first-order valence-corrected chi connectivity index (χ1v) is 6.48. The first-order valence-electron chi connectivity index (χ1n) is 4.91. The van der Waals surface area contributed by atoms with Crippen molar-refractivity contribution in [2.45, 2.75) is 26.2 Å². The summed E-state index contributed by atoms with van der Waals surface area (Å²) in [6, 6.07) is 7.69. The van der Waals surface area contributed by atoms with E-state index in [2.05, 4.69) is 13.8 Å². The molecule has 16 heavy (non-hydrogen) atoms. The van der Waals surface area contributed by atoms with E-state index in [-0.39, 0.29) is 35.3 Å². The van der Waals surface area contributed by atoms with E-state index in [1.165, 1.54) is 0 Å². The van der Waals surface area contributed by atoms with Gasteiger partial charge in [-0.05, 0) is 23.5 Å². The third-order valence-electron chi connectivity index (χ3n) is 2.26. The van der Waals surface area contributed by atoms with Crippen molar-refractivity contribution in [3.05, 3.63) is 35.4 Å². The molecule has 0 aliphatic rings. The molecule has 1 rings (SSSR count). The molecule has 0 aliphatic heterocycles. The van der Waals surface area contributed by atoms with E-state index in [0.717, 1.165) is 11.1 Å². The molecule has 0 saturated carbocycles. The molecule has 84 valence electrons. The predicted molar refractivity (Wildman–Crippen MR) is 58.8 cm³/mol. The smallest absolute Gasteiger partial charge is 0.748 e. The van der Waals surface area contributed by atoms with Gasteiger partial charge in [0.2, 0.25) is 0 Å². The zero-order valence-corrected chi connectivity index (χ0v) is 12.8. The molecule has 0 atom stereocenters. The standard InChI is InChI=1S/C11H16O3S.Na/c1-9(2)11-5-3-4-10(8-11)6-7-15(12,13)14;/h3-5,8-9H,6-7H2,1-2H3,(H,12,13,14);/q;+1/p-1. The second-order valence-corrected chi connectivity index (χ2v) is 5.44. The Morgan fingerprint density at radius 1 is 1.31 bits per heavy atom. The first-order chi connectivity index (χ1) is 6.88. The zero-order chi connectivity index (χ0) is 11.5. The van der Waals surface area contributed by atoms with E-state index in [0.29, 0.717) is 12.3 Å². The summed E-state index contributed by atoms with van der Waals surface area (Å²) in [6.45, 7) is 4.15. The molecule has 5 heteroatoms. The fourth-order valence-corrected chi connectivity index (χ4v) is 1.84. The van der Waals surface area contributed by atoms with Gasteiger partial charge in [-0.25, -0.2) is 8.42 Å². The molecule has 1 aromatic rings. The van der Waals surface area contributed by atoms with Gasteiger partial charge in [-0.15, -0.1) is 0 Å². The maximum atomic E-state index is 10.5. The Bertz CT molecular complexity index is 427. The van der Waals surface area contributed by atoms with Gasteiger partial charge in [-0.1, -0.05) is 38.1 Å². The fourth-order valence-electron chi connectivity index (χ4n) is 1.35. The van der Waals surface area contributed by atoms with Gasteiger partial charge < -0.3 is 4.55 Å². The molecule has 0 bridgehead atoms. The van der Waals surface area contributed by atoms with Crippen molar-refractivity contribution in [1.29, 1.82) is 0 Å². The van der Waals surface area contributed by atoms with Crippen LogP contribution in [-0.2, 0) is 16.5 Å². The largest absolute Gasteiger partial charge is 1.00 e. The van der Waals surface area contributed by atoms with Crippen LogP contribution >= 0.6 is 0 Å². The van der Waals surface area contributed by atoms with Crippen molar-refractivity contribution < 1.29 is 42.5 Å². The van der Waals surface area contributed by atoms with Gasteiger partial charge in [0.25, 0.3) is 0 Å². The van der Waals surface area contributed by atoms with Gasteiger partial charge in [0.1, 0.15) is 0 Å². The summed E-state index contributed by atoms with van der Waals surface area (Å²) in [5.41, 5.74) is 2.07. The monoisotopic (exact) mass is 250 g/mol. The van der Waals surface area contributed by atoms with Crippen LogP contribution in [0.25, 0.3) is 0 Å². The maximum Gasteiger partial charge on any atom is 1.00 e. The van der Waals surface area contributed by atoms with Crippen LogP contribution in [-0.4, -0.2) is 18.7 Å². The maximum absolute atomic E-state index is 10.5. The minimum atomic E-state index is -4.11. The third-order valence-corrected chi connectivity index (χ3v) is 2.96.